The third-order valence-electron chi connectivity index (χ3n) is 2.88. The zero-order chi connectivity index (χ0) is 12.3. The Hall–Kier alpha value is -1.75. The van der Waals surface area contributed by atoms with Crippen molar-refractivity contribution in [2.45, 2.75) is 12.3 Å². The number of carboxylic acids is 1. The van der Waals surface area contributed by atoms with Crippen molar-refractivity contribution >= 4 is 12.0 Å². The highest BCUT2D eigenvalue weighted by molar-refractivity contribution is 5.84. The Bertz CT molecular complexity index is 445. The number of hydrogen-bond donors (Lipinski definition) is 1. The summed E-state index contributed by atoms with van der Waals surface area (Å²) in [6.45, 7) is 2.08. The fraction of sp³-hybridized carbons (Fsp3) is 0.417. The molecule has 1 fully saturated rings. The molecule has 1 N–H and O–H groups in total. The second-order valence-corrected chi connectivity index (χ2v) is 4.26. The zero-order valence-corrected chi connectivity index (χ0v) is 9.71. The predicted molar refractivity (Wildman–Crippen MR) is 63.6 cm³/mol. The highest BCUT2D eigenvalue weighted by Gasteiger charge is 2.22. The van der Waals surface area contributed by atoms with Gasteiger partial charge < -0.3 is 10.0 Å². The third-order valence-corrected chi connectivity index (χ3v) is 2.88. The van der Waals surface area contributed by atoms with Gasteiger partial charge in [-0.05, 0) is 32.2 Å². The van der Waals surface area contributed by atoms with Crippen LogP contribution in [0, 0.1) is 0 Å². The van der Waals surface area contributed by atoms with Crippen LogP contribution in [-0.2, 0) is 4.79 Å². The summed E-state index contributed by atoms with van der Waals surface area (Å²) in [6, 6.07) is 1.90. The van der Waals surface area contributed by atoms with Crippen molar-refractivity contribution in [3.63, 3.8) is 0 Å². The molecule has 2 rings (SSSR count). The van der Waals surface area contributed by atoms with Crippen LogP contribution in [0.4, 0.5) is 0 Å². The minimum absolute atomic E-state index is 0.431. The van der Waals surface area contributed by atoms with Gasteiger partial charge in [-0.1, -0.05) is 0 Å². The Morgan fingerprint density at radius 1 is 1.65 bits per heavy atom. The lowest BCUT2D eigenvalue weighted by Crippen LogP contribution is -2.14. The number of aliphatic carboxylic acids is 1. The molecule has 0 aliphatic carbocycles. The fourth-order valence-electron chi connectivity index (χ4n) is 2.02. The first-order valence-corrected chi connectivity index (χ1v) is 5.57. The molecule has 2 heterocycles. The molecule has 1 aromatic rings. The maximum Gasteiger partial charge on any atom is 0.328 e. The third kappa shape index (κ3) is 3.10. The van der Waals surface area contributed by atoms with Crippen LogP contribution in [0.5, 0.6) is 0 Å². The highest BCUT2D eigenvalue weighted by atomic mass is 16.4. The molecular formula is C12H15N3O2. The number of aromatic nitrogens is 2. The van der Waals surface area contributed by atoms with Crippen molar-refractivity contribution in [2.75, 3.05) is 20.1 Å². The van der Waals surface area contributed by atoms with Gasteiger partial charge in [0.05, 0.1) is 0 Å². The monoisotopic (exact) mass is 233 g/mol. The summed E-state index contributed by atoms with van der Waals surface area (Å²) in [5, 5.41) is 8.54. The summed E-state index contributed by atoms with van der Waals surface area (Å²) in [4.78, 5) is 21.1. The van der Waals surface area contributed by atoms with Gasteiger partial charge in [-0.15, -0.1) is 0 Å². The van der Waals surface area contributed by atoms with Gasteiger partial charge >= 0.3 is 5.97 Å². The second kappa shape index (κ2) is 5.05. The molecule has 0 amide bonds. The van der Waals surface area contributed by atoms with E-state index in [0.717, 1.165) is 31.3 Å². The Balaban J connectivity index is 2.14. The number of hydrogen-bond acceptors (Lipinski definition) is 4. The minimum atomic E-state index is -0.986. The van der Waals surface area contributed by atoms with Crippen molar-refractivity contribution in [2.24, 2.45) is 0 Å². The molecule has 0 spiro atoms. The van der Waals surface area contributed by atoms with Gasteiger partial charge in [-0.25, -0.2) is 14.8 Å². The van der Waals surface area contributed by atoms with E-state index >= 15 is 0 Å². The molecule has 1 aromatic heterocycles. The van der Waals surface area contributed by atoms with Crippen LogP contribution in [0.15, 0.2) is 18.3 Å². The average molecular weight is 233 g/mol. The minimum Gasteiger partial charge on any atom is -0.478 e. The highest BCUT2D eigenvalue weighted by Crippen LogP contribution is 2.24. The number of nitrogens with zero attached hydrogens (tertiary/aromatic N) is 3. The lowest BCUT2D eigenvalue weighted by atomic mass is 10.1. The van der Waals surface area contributed by atoms with E-state index in [0.29, 0.717) is 11.7 Å². The molecule has 1 aliphatic heterocycles. The Morgan fingerprint density at radius 2 is 2.47 bits per heavy atom. The molecule has 5 nitrogen and oxygen atoms in total. The number of likely N-dealkylation sites (N-methyl/N-ethyl adjacent to an activating group) is 1. The van der Waals surface area contributed by atoms with E-state index in [2.05, 4.69) is 21.9 Å². The molecular weight excluding hydrogens is 218 g/mol. The number of rotatable bonds is 3. The molecule has 0 aromatic carbocycles. The summed E-state index contributed by atoms with van der Waals surface area (Å²) >= 11 is 0. The normalized spacial score (nSPS) is 21.1. The maximum absolute atomic E-state index is 10.4. The summed E-state index contributed by atoms with van der Waals surface area (Å²) < 4.78 is 0. The number of likely N-dealkylation sites (tertiary alicyclic amines) is 1. The van der Waals surface area contributed by atoms with Crippen LogP contribution < -0.4 is 0 Å². The van der Waals surface area contributed by atoms with E-state index in [-0.39, 0.29) is 0 Å². The molecule has 0 radical (unpaired) electrons. The van der Waals surface area contributed by atoms with Gasteiger partial charge in [0.25, 0.3) is 0 Å². The van der Waals surface area contributed by atoms with Crippen LogP contribution >= 0.6 is 0 Å². The number of carboxylic acid groups (broad SMARTS) is 1. The Kier molecular flexibility index (Phi) is 3.49. The standard InChI is InChI=1S/C12H15N3O2/c1-15-7-5-9(8-15)10-4-6-13-11(14-10)2-3-12(16)17/h2-4,6,9H,5,7-8H2,1H3,(H,16,17)/b3-2+. The van der Waals surface area contributed by atoms with E-state index in [1.54, 1.807) is 6.20 Å². The van der Waals surface area contributed by atoms with Gasteiger partial charge in [0, 0.05) is 30.4 Å². The predicted octanol–water partition coefficient (Wildman–Crippen LogP) is 0.994. The molecule has 17 heavy (non-hydrogen) atoms. The lowest BCUT2D eigenvalue weighted by Gasteiger charge is -2.09. The summed E-state index contributed by atoms with van der Waals surface area (Å²) in [5.74, 6) is -0.0981. The van der Waals surface area contributed by atoms with E-state index in [9.17, 15) is 4.79 Å². The molecule has 0 saturated carbocycles. The molecule has 0 bridgehead atoms. The van der Waals surface area contributed by atoms with E-state index < -0.39 is 5.97 Å². The van der Waals surface area contributed by atoms with E-state index in [1.807, 2.05) is 6.07 Å². The first-order valence-electron chi connectivity index (χ1n) is 5.57. The topological polar surface area (TPSA) is 66.3 Å². The lowest BCUT2D eigenvalue weighted by molar-refractivity contribution is -0.131. The van der Waals surface area contributed by atoms with Crippen molar-refractivity contribution < 1.29 is 9.90 Å². The molecule has 1 atom stereocenters. The van der Waals surface area contributed by atoms with Crippen molar-refractivity contribution in [3.05, 3.63) is 29.9 Å². The van der Waals surface area contributed by atoms with E-state index in [1.165, 1.54) is 6.08 Å². The van der Waals surface area contributed by atoms with Gasteiger partial charge in [0.2, 0.25) is 0 Å². The molecule has 90 valence electrons. The summed E-state index contributed by atoms with van der Waals surface area (Å²) in [5.41, 5.74) is 0.995. The van der Waals surface area contributed by atoms with Gasteiger partial charge in [0.1, 0.15) is 0 Å². The largest absolute Gasteiger partial charge is 0.478 e. The zero-order valence-electron chi connectivity index (χ0n) is 9.71. The first-order chi connectivity index (χ1) is 8.15. The van der Waals surface area contributed by atoms with Gasteiger partial charge in [-0.2, -0.15) is 0 Å². The smallest absolute Gasteiger partial charge is 0.328 e. The Labute approximate surface area is 99.8 Å². The number of carbonyl (C=O) groups is 1. The van der Waals surface area contributed by atoms with Crippen molar-refractivity contribution in [1.82, 2.24) is 14.9 Å². The maximum atomic E-state index is 10.4. The fourth-order valence-corrected chi connectivity index (χ4v) is 2.02. The van der Waals surface area contributed by atoms with E-state index in [4.69, 9.17) is 5.11 Å². The average Bonchev–Trinajstić information content (AvgIpc) is 2.74. The molecule has 1 aliphatic rings. The molecule has 1 unspecified atom stereocenters. The summed E-state index contributed by atoms with van der Waals surface area (Å²) in [6.07, 6.45) is 5.25. The van der Waals surface area contributed by atoms with Crippen molar-refractivity contribution in [3.8, 4) is 0 Å². The molecule has 1 saturated heterocycles. The van der Waals surface area contributed by atoms with Gasteiger partial charge in [0.15, 0.2) is 5.82 Å². The Morgan fingerprint density at radius 3 is 3.12 bits per heavy atom. The quantitative estimate of drug-likeness (QED) is 0.789. The van der Waals surface area contributed by atoms with Crippen LogP contribution in [0.1, 0.15) is 23.9 Å². The SMILES string of the molecule is CN1CCC(c2ccnc(/C=C/C(=O)O)n2)C1. The van der Waals surface area contributed by atoms with Crippen LogP contribution in [-0.4, -0.2) is 46.1 Å². The summed E-state index contributed by atoms with van der Waals surface area (Å²) in [7, 11) is 2.09. The van der Waals surface area contributed by atoms with Crippen LogP contribution in [0.3, 0.4) is 0 Å². The van der Waals surface area contributed by atoms with Crippen LogP contribution in [0.2, 0.25) is 0 Å². The second-order valence-electron chi connectivity index (χ2n) is 4.26. The van der Waals surface area contributed by atoms with Crippen LogP contribution in [0.25, 0.3) is 6.08 Å². The molecule has 5 heteroatoms. The van der Waals surface area contributed by atoms with Crippen molar-refractivity contribution in [1.29, 1.82) is 0 Å². The first kappa shape index (κ1) is 11.7. The van der Waals surface area contributed by atoms with Gasteiger partial charge in [-0.3, -0.25) is 0 Å².